The van der Waals surface area contributed by atoms with E-state index in [1.54, 1.807) is 0 Å². The molecule has 2 unspecified atom stereocenters. The Hall–Kier alpha value is -0.940. The van der Waals surface area contributed by atoms with Crippen molar-refractivity contribution in [3.05, 3.63) is 11.4 Å². The highest BCUT2D eigenvalue weighted by Gasteiger charge is 2.37. The number of nitrogens with zero attached hydrogens (tertiary/aromatic N) is 5. The van der Waals surface area contributed by atoms with Gasteiger partial charge < -0.3 is 0 Å². The van der Waals surface area contributed by atoms with Crippen LogP contribution in [0.5, 0.6) is 0 Å². The van der Waals surface area contributed by atoms with Gasteiger partial charge in [0.15, 0.2) is 0 Å². The standard InChI is InChI=1S/C17H31N5/c1-5-22-17(14(4)18-19-22)12-21-11-15(10-16(21)13(2)3)20-8-6-7-9-20/h13,15-16H,5-12H2,1-4H3. The minimum atomic E-state index is 0.685. The van der Waals surface area contributed by atoms with Crippen molar-refractivity contribution in [3.8, 4) is 0 Å². The van der Waals surface area contributed by atoms with Crippen LogP contribution in [0.25, 0.3) is 0 Å². The van der Waals surface area contributed by atoms with Gasteiger partial charge in [0.2, 0.25) is 0 Å². The fourth-order valence-corrected chi connectivity index (χ4v) is 4.22. The molecule has 2 atom stereocenters. The maximum Gasteiger partial charge on any atom is 0.0841 e. The minimum Gasteiger partial charge on any atom is -0.299 e. The van der Waals surface area contributed by atoms with Crippen molar-refractivity contribution in [1.82, 2.24) is 24.8 Å². The van der Waals surface area contributed by atoms with Crippen LogP contribution >= 0.6 is 0 Å². The van der Waals surface area contributed by atoms with Crippen molar-refractivity contribution in [1.29, 1.82) is 0 Å². The maximum atomic E-state index is 4.27. The lowest BCUT2D eigenvalue weighted by Gasteiger charge is -2.27. The second-order valence-electron chi connectivity index (χ2n) is 7.31. The highest BCUT2D eigenvalue weighted by atomic mass is 15.4. The van der Waals surface area contributed by atoms with E-state index in [-0.39, 0.29) is 0 Å². The van der Waals surface area contributed by atoms with Gasteiger partial charge in [-0.1, -0.05) is 19.1 Å². The maximum absolute atomic E-state index is 4.27. The summed E-state index contributed by atoms with van der Waals surface area (Å²) in [5.41, 5.74) is 2.39. The third kappa shape index (κ3) is 3.06. The molecule has 2 fully saturated rings. The van der Waals surface area contributed by atoms with Crippen LogP contribution in [0.1, 0.15) is 51.4 Å². The first kappa shape index (κ1) is 15.9. The van der Waals surface area contributed by atoms with Crippen LogP contribution in [0.15, 0.2) is 0 Å². The molecule has 0 spiro atoms. The molecular weight excluding hydrogens is 274 g/mol. The molecule has 0 amide bonds. The van der Waals surface area contributed by atoms with E-state index < -0.39 is 0 Å². The Morgan fingerprint density at radius 2 is 1.95 bits per heavy atom. The summed E-state index contributed by atoms with van der Waals surface area (Å²) in [4.78, 5) is 5.41. The summed E-state index contributed by atoms with van der Waals surface area (Å²) in [5.74, 6) is 0.707. The van der Waals surface area contributed by atoms with E-state index in [9.17, 15) is 0 Å². The minimum absolute atomic E-state index is 0.685. The monoisotopic (exact) mass is 305 g/mol. The van der Waals surface area contributed by atoms with Crippen LogP contribution < -0.4 is 0 Å². The van der Waals surface area contributed by atoms with Crippen LogP contribution in [0, 0.1) is 12.8 Å². The molecule has 0 aromatic carbocycles. The smallest absolute Gasteiger partial charge is 0.0841 e. The summed E-state index contributed by atoms with van der Waals surface area (Å²) in [7, 11) is 0. The number of aryl methyl sites for hydroxylation is 2. The molecule has 1 aromatic heterocycles. The SMILES string of the molecule is CCn1nnc(C)c1CN1CC(N2CCCC2)CC1C(C)C. The molecule has 3 heterocycles. The predicted molar refractivity (Wildman–Crippen MR) is 88.7 cm³/mol. The van der Waals surface area contributed by atoms with E-state index in [0.717, 1.165) is 24.8 Å². The van der Waals surface area contributed by atoms with Crippen molar-refractivity contribution in [3.63, 3.8) is 0 Å². The van der Waals surface area contributed by atoms with Gasteiger partial charge in [0.25, 0.3) is 0 Å². The van der Waals surface area contributed by atoms with E-state index in [4.69, 9.17) is 0 Å². The fraction of sp³-hybridized carbons (Fsp3) is 0.882. The number of rotatable bonds is 5. The Balaban J connectivity index is 1.74. The summed E-state index contributed by atoms with van der Waals surface area (Å²) in [6, 6.07) is 1.44. The van der Waals surface area contributed by atoms with E-state index in [2.05, 4.69) is 52.5 Å². The van der Waals surface area contributed by atoms with E-state index in [1.807, 2.05) is 0 Å². The molecule has 2 aliphatic heterocycles. The summed E-state index contributed by atoms with van der Waals surface area (Å²) in [6.07, 6.45) is 4.09. The molecule has 22 heavy (non-hydrogen) atoms. The van der Waals surface area contributed by atoms with Gasteiger partial charge in [0.05, 0.1) is 11.4 Å². The van der Waals surface area contributed by atoms with Gasteiger partial charge in [-0.2, -0.15) is 0 Å². The highest BCUT2D eigenvalue weighted by molar-refractivity contribution is 5.09. The van der Waals surface area contributed by atoms with Crippen LogP contribution in [0.3, 0.4) is 0 Å². The largest absolute Gasteiger partial charge is 0.299 e. The van der Waals surface area contributed by atoms with Gasteiger partial charge >= 0.3 is 0 Å². The third-order valence-corrected chi connectivity index (χ3v) is 5.54. The number of hydrogen-bond acceptors (Lipinski definition) is 4. The second-order valence-corrected chi connectivity index (χ2v) is 7.31. The average Bonchev–Trinajstić information content (AvgIpc) is 3.20. The van der Waals surface area contributed by atoms with Gasteiger partial charge in [-0.15, -0.1) is 5.10 Å². The quantitative estimate of drug-likeness (QED) is 0.836. The zero-order valence-electron chi connectivity index (χ0n) is 14.6. The Kier molecular flexibility index (Phi) is 4.83. The summed E-state index contributed by atoms with van der Waals surface area (Å²) in [5, 5.41) is 8.54. The van der Waals surface area contributed by atoms with Crippen molar-refractivity contribution in [2.75, 3.05) is 19.6 Å². The lowest BCUT2D eigenvalue weighted by atomic mass is 10.00. The molecule has 0 radical (unpaired) electrons. The number of likely N-dealkylation sites (tertiary alicyclic amines) is 2. The molecule has 0 N–H and O–H groups in total. The highest BCUT2D eigenvalue weighted by Crippen LogP contribution is 2.30. The lowest BCUT2D eigenvalue weighted by Crippen LogP contribution is -2.36. The van der Waals surface area contributed by atoms with Gasteiger partial charge in [0, 0.05) is 31.7 Å². The Bertz CT molecular complexity index is 489. The molecule has 0 saturated carbocycles. The van der Waals surface area contributed by atoms with E-state index in [0.29, 0.717) is 12.0 Å². The Labute approximate surface area is 134 Å². The number of hydrogen-bond donors (Lipinski definition) is 0. The number of aromatic nitrogens is 3. The molecular formula is C17H31N5. The summed E-state index contributed by atoms with van der Waals surface area (Å²) < 4.78 is 2.07. The van der Waals surface area contributed by atoms with Gasteiger partial charge in [-0.3, -0.25) is 9.80 Å². The van der Waals surface area contributed by atoms with E-state index >= 15 is 0 Å². The van der Waals surface area contributed by atoms with Crippen LogP contribution in [0.4, 0.5) is 0 Å². The van der Waals surface area contributed by atoms with Crippen molar-refractivity contribution in [2.45, 2.75) is 72.1 Å². The van der Waals surface area contributed by atoms with Crippen LogP contribution in [-0.4, -0.2) is 56.5 Å². The molecule has 124 valence electrons. The van der Waals surface area contributed by atoms with Crippen LogP contribution in [-0.2, 0) is 13.1 Å². The first-order valence-electron chi connectivity index (χ1n) is 8.97. The van der Waals surface area contributed by atoms with Crippen molar-refractivity contribution in [2.24, 2.45) is 5.92 Å². The first-order valence-corrected chi connectivity index (χ1v) is 8.97. The molecule has 0 bridgehead atoms. The molecule has 0 aliphatic carbocycles. The molecule has 2 aliphatic rings. The third-order valence-electron chi connectivity index (χ3n) is 5.54. The van der Waals surface area contributed by atoms with E-state index in [1.165, 1.54) is 44.6 Å². The summed E-state index contributed by atoms with van der Waals surface area (Å²) in [6.45, 7) is 14.7. The van der Waals surface area contributed by atoms with Gasteiger partial charge in [0.1, 0.15) is 0 Å². The average molecular weight is 305 g/mol. The molecule has 1 aromatic rings. The first-order chi connectivity index (χ1) is 10.6. The Morgan fingerprint density at radius 3 is 2.59 bits per heavy atom. The molecule has 5 heteroatoms. The van der Waals surface area contributed by atoms with Crippen molar-refractivity contribution < 1.29 is 0 Å². The van der Waals surface area contributed by atoms with Crippen molar-refractivity contribution >= 4 is 0 Å². The topological polar surface area (TPSA) is 37.2 Å². The molecule has 3 rings (SSSR count). The van der Waals surface area contributed by atoms with Gasteiger partial charge in [-0.05, 0) is 52.1 Å². The second kappa shape index (κ2) is 6.67. The normalized spacial score (nSPS) is 27.3. The molecule has 2 saturated heterocycles. The Morgan fingerprint density at radius 1 is 1.23 bits per heavy atom. The zero-order valence-corrected chi connectivity index (χ0v) is 14.6. The molecule has 5 nitrogen and oxygen atoms in total. The van der Waals surface area contributed by atoms with Gasteiger partial charge in [-0.25, -0.2) is 4.68 Å². The lowest BCUT2D eigenvalue weighted by molar-refractivity contribution is 0.186. The summed E-state index contributed by atoms with van der Waals surface area (Å²) >= 11 is 0. The predicted octanol–water partition coefficient (Wildman–Crippen LogP) is 2.30. The zero-order chi connectivity index (χ0) is 15.7. The van der Waals surface area contributed by atoms with Crippen LogP contribution in [0.2, 0.25) is 0 Å². The fourth-order valence-electron chi connectivity index (χ4n) is 4.22.